The van der Waals surface area contributed by atoms with Gasteiger partial charge in [-0.2, -0.15) is 0 Å². The van der Waals surface area contributed by atoms with E-state index in [4.69, 9.17) is 5.73 Å². The van der Waals surface area contributed by atoms with Crippen LogP contribution in [0.2, 0.25) is 0 Å². The maximum atomic E-state index is 13.6. The van der Waals surface area contributed by atoms with Crippen LogP contribution >= 0.6 is 11.3 Å². The van der Waals surface area contributed by atoms with Crippen molar-refractivity contribution in [3.63, 3.8) is 0 Å². The Labute approximate surface area is 132 Å². The summed E-state index contributed by atoms with van der Waals surface area (Å²) in [6.45, 7) is 3.66. The number of carbonyl (C=O) groups is 1. The Morgan fingerprint density at radius 3 is 2.82 bits per heavy atom. The van der Waals surface area contributed by atoms with E-state index in [0.29, 0.717) is 28.5 Å². The Morgan fingerprint density at radius 2 is 2.14 bits per heavy atom. The van der Waals surface area contributed by atoms with Gasteiger partial charge in [-0.15, -0.1) is 10.2 Å². The summed E-state index contributed by atoms with van der Waals surface area (Å²) in [6.07, 6.45) is 1.74. The molecule has 0 bridgehead atoms. The van der Waals surface area contributed by atoms with Crippen LogP contribution in [0.1, 0.15) is 37.3 Å². The third kappa shape index (κ3) is 4.08. The predicted octanol–water partition coefficient (Wildman–Crippen LogP) is 2.72. The molecule has 1 unspecified atom stereocenters. The van der Waals surface area contributed by atoms with Gasteiger partial charge in [0.25, 0.3) is 0 Å². The molecule has 1 atom stereocenters. The molecule has 0 saturated heterocycles. The van der Waals surface area contributed by atoms with Crippen LogP contribution in [0.3, 0.4) is 0 Å². The van der Waals surface area contributed by atoms with Gasteiger partial charge in [-0.25, -0.2) is 4.39 Å². The van der Waals surface area contributed by atoms with Crippen LogP contribution < -0.4 is 11.1 Å². The first-order valence-corrected chi connectivity index (χ1v) is 7.90. The third-order valence-electron chi connectivity index (χ3n) is 3.27. The molecular formula is C15H19FN4OS. The van der Waals surface area contributed by atoms with Gasteiger partial charge in [0.2, 0.25) is 11.0 Å². The van der Waals surface area contributed by atoms with Gasteiger partial charge in [-0.3, -0.25) is 10.1 Å². The Morgan fingerprint density at radius 1 is 1.41 bits per heavy atom. The molecule has 7 heteroatoms. The molecule has 1 aromatic carbocycles. The van der Waals surface area contributed by atoms with Crippen LogP contribution in [0.25, 0.3) is 0 Å². The van der Waals surface area contributed by atoms with Crippen molar-refractivity contribution >= 4 is 22.4 Å². The molecule has 0 aliphatic rings. The number of hydrogen-bond acceptors (Lipinski definition) is 5. The Balaban J connectivity index is 2.03. The first kappa shape index (κ1) is 16.5. The summed E-state index contributed by atoms with van der Waals surface area (Å²) < 4.78 is 13.6. The highest BCUT2D eigenvalue weighted by atomic mass is 32.1. The van der Waals surface area contributed by atoms with Gasteiger partial charge < -0.3 is 5.73 Å². The molecule has 1 amide bonds. The maximum absolute atomic E-state index is 13.6. The second kappa shape index (κ2) is 6.93. The fourth-order valence-electron chi connectivity index (χ4n) is 2.05. The van der Waals surface area contributed by atoms with E-state index < -0.39 is 5.54 Å². The molecule has 0 aliphatic carbocycles. The molecule has 0 radical (unpaired) electrons. The van der Waals surface area contributed by atoms with Crippen LogP contribution in [0.4, 0.5) is 9.52 Å². The smallest absolute Gasteiger partial charge is 0.245 e. The largest absolute Gasteiger partial charge is 0.318 e. The molecule has 22 heavy (non-hydrogen) atoms. The molecule has 0 aliphatic heterocycles. The highest BCUT2D eigenvalue weighted by Crippen LogP contribution is 2.21. The van der Waals surface area contributed by atoms with Gasteiger partial charge in [-0.1, -0.05) is 42.9 Å². The van der Waals surface area contributed by atoms with Crippen LogP contribution in [0, 0.1) is 5.82 Å². The summed E-state index contributed by atoms with van der Waals surface area (Å²) in [6, 6.07) is 6.52. The van der Waals surface area contributed by atoms with E-state index in [1.54, 1.807) is 25.1 Å². The molecule has 5 nitrogen and oxygen atoms in total. The number of benzene rings is 1. The number of hydrogen-bond donors (Lipinski definition) is 2. The highest BCUT2D eigenvalue weighted by Gasteiger charge is 2.28. The first-order valence-electron chi connectivity index (χ1n) is 7.08. The average Bonchev–Trinajstić information content (AvgIpc) is 2.88. The van der Waals surface area contributed by atoms with Crippen molar-refractivity contribution in [1.29, 1.82) is 0 Å². The molecule has 2 aromatic rings. The predicted molar refractivity (Wildman–Crippen MR) is 85.2 cm³/mol. The van der Waals surface area contributed by atoms with Crippen molar-refractivity contribution in [2.45, 2.75) is 38.6 Å². The molecule has 1 aromatic heterocycles. The standard InChI is InChI=1S/C15H19FN4OS/c1-3-8-15(2,17)13(21)18-14-20-19-12(22-14)9-10-6-4-5-7-11(10)16/h4-7H,3,8-9,17H2,1-2H3,(H,18,20,21). The molecule has 0 saturated carbocycles. The minimum absolute atomic E-state index is 0.277. The quantitative estimate of drug-likeness (QED) is 0.857. The molecule has 118 valence electrons. The van der Waals surface area contributed by atoms with E-state index in [2.05, 4.69) is 15.5 Å². The van der Waals surface area contributed by atoms with Gasteiger partial charge in [0.1, 0.15) is 10.8 Å². The second-order valence-corrected chi connectivity index (χ2v) is 6.45. The van der Waals surface area contributed by atoms with Crippen LogP contribution in [-0.4, -0.2) is 21.6 Å². The highest BCUT2D eigenvalue weighted by molar-refractivity contribution is 7.15. The topological polar surface area (TPSA) is 80.9 Å². The average molecular weight is 322 g/mol. The Bertz CT molecular complexity index is 656. The summed E-state index contributed by atoms with van der Waals surface area (Å²) in [5, 5.41) is 11.6. The van der Waals surface area contributed by atoms with Gasteiger partial charge in [0.05, 0.1) is 5.54 Å². The zero-order valence-corrected chi connectivity index (χ0v) is 13.4. The van der Waals surface area contributed by atoms with E-state index in [0.717, 1.165) is 6.42 Å². The van der Waals surface area contributed by atoms with Crippen molar-refractivity contribution in [3.05, 3.63) is 40.7 Å². The number of rotatable bonds is 6. The van der Waals surface area contributed by atoms with Crippen LogP contribution in [-0.2, 0) is 11.2 Å². The summed E-state index contributed by atoms with van der Waals surface area (Å²) in [7, 11) is 0. The van der Waals surface area contributed by atoms with E-state index in [1.807, 2.05) is 6.92 Å². The Kier molecular flexibility index (Phi) is 5.20. The summed E-state index contributed by atoms with van der Waals surface area (Å²) in [4.78, 5) is 12.1. The summed E-state index contributed by atoms with van der Waals surface area (Å²) in [5.74, 6) is -0.566. The van der Waals surface area contributed by atoms with Crippen molar-refractivity contribution < 1.29 is 9.18 Å². The Hall–Kier alpha value is -1.86. The lowest BCUT2D eigenvalue weighted by Crippen LogP contribution is -2.48. The normalized spacial score (nSPS) is 13.6. The molecule has 3 N–H and O–H groups in total. The molecule has 0 fully saturated rings. The minimum atomic E-state index is -0.938. The first-order chi connectivity index (χ1) is 10.4. The van der Waals surface area contributed by atoms with E-state index in [-0.39, 0.29) is 11.7 Å². The fourth-order valence-corrected chi connectivity index (χ4v) is 2.81. The van der Waals surface area contributed by atoms with E-state index in [1.165, 1.54) is 17.4 Å². The lowest BCUT2D eigenvalue weighted by Gasteiger charge is -2.21. The number of nitrogens with zero attached hydrogens (tertiary/aromatic N) is 2. The number of nitrogens with one attached hydrogen (secondary N) is 1. The minimum Gasteiger partial charge on any atom is -0.318 e. The lowest BCUT2D eigenvalue weighted by molar-refractivity contribution is -0.120. The molecule has 0 spiro atoms. The van der Waals surface area contributed by atoms with Crippen molar-refractivity contribution in [2.75, 3.05) is 5.32 Å². The van der Waals surface area contributed by atoms with Crippen molar-refractivity contribution in [3.8, 4) is 0 Å². The van der Waals surface area contributed by atoms with Crippen LogP contribution in [0.15, 0.2) is 24.3 Å². The van der Waals surface area contributed by atoms with Gasteiger partial charge in [0.15, 0.2) is 0 Å². The number of anilines is 1. The third-order valence-corrected chi connectivity index (χ3v) is 4.11. The van der Waals surface area contributed by atoms with Gasteiger partial charge in [0, 0.05) is 6.42 Å². The zero-order chi connectivity index (χ0) is 16.2. The monoisotopic (exact) mass is 322 g/mol. The molecule has 2 rings (SSSR count). The second-order valence-electron chi connectivity index (χ2n) is 5.39. The van der Waals surface area contributed by atoms with E-state index in [9.17, 15) is 9.18 Å². The molecule has 1 heterocycles. The van der Waals surface area contributed by atoms with Crippen molar-refractivity contribution in [1.82, 2.24) is 10.2 Å². The molecular weight excluding hydrogens is 303 g/mol. The van der Waals surface area contributed by atoms with Crippen LogP contribution in [0.5, 0.6) is 0 Å². The number of amides is 1. The van der Waals surface area contributed by atoms with Crippen molar-refractivity contribution in [2.24, 2.45) is 5.73 Å². The number of carbonyl (C=O) groups excluding carboxylic acids is 1. The summed E-state index contributed by atoms with van der Waals surface area (Å²) >= 11 is 1.22. The van der Waals surface area contributed by atoms with Gasteiger partial charge in [-0.05, 0) is 25.0 Å². The SMILES string of the molecule is CCCC(C)(N)C(=O)Nc1nnc(Cc2ccccc2F)s1. The number of halogens is 1. The lowest BCUT2D eigenvalue weighted by atomic mass is 9.97. The number of aromatic nitrogens is 2. The maximum Gasteiger partial charge on any atom is 0.245 e. The number of nitrogens with two attached hydrogens (primary N) is 1. The van der Waals surface area contributed by atoms with E-state index >= 15 is 0 Å². The zero-order valence-electron chi connectivity index (χ0n) is 12.6. The summed E-state index contributed by atoms with van der Waals surface area (Å²) in [5.41, 5.74) is 5.57. The fraction of sp³-hybridized carbons (Fsp3) is 0.400. The van der Waals surface area contributed by atoms with Gasteiger partial charge >= 0.3 is 0 Å².